The van der Waals surface area contributed by atoms with Gasteiger partial charge in [0.2, 0.25) is 5.95 Å². The normalized spacial score (nSPS) is 19.3. The number of anilines is 3. The first kappa shape index (κ1) is 17.9. The molecule has 0 spiro atoms. The van der Waals surface area contributed by atoms with Gasteiger partial charge in [0.05, 0.1) is 0 Å². The third-order valence-corrected chi connectivity index (χ3v) is 5.05. The van der Waals surface area contributed by atoms with Crippen molar-refractivity contribution in [1.29, 1.82) is 0 Å². The van der Waals surface area contributed by atoms with Crippen LogP contribution in [0.1, 0.15) is 36.4 Å². The minimum Gasteiger partial charge on any atom is -0.486 e. The Bertz CT molecular complexity index is 803. The quantitative estimate of drug-likeness (QED) is 0.764. The van der Waals surface area contributed by atoms with E-state index in [2.05, 4.69) is 32.0 Å². The van der Waals surface area contributed by atoms with E-state index in [-0.39, 0.29) is 0 Å². The van der Waals surface area contributed by atoms with Crippen molar-refractivity contribution in [1.82, 2.24) is 15.3 Å². The van der Waals surface area contributed by atoms with E-state index >= 15 is 0 Å². The third-order valence-electron chi connectivity index (χ3n) is 5.05. The van der Waals surface area contributed by atoms with E-state index in [9.17, 15) is 0 Å². The summed E-state index contributed by atoms with van der Waals surface area (Å²) in [6.07, 6.45) is 3.42. The summed E-state index contributed by atoms with van der Waals surface area (Å²) in [6.45, 7) is 5.25. The molecule has 2 aliphatic heterocycles. The molecule has 1 aromatic carbocycles. The van der Waals surface area contributed by atoms with Crippen molar-refractivity contribution in [2.45, 2.75) is 32.1 Å². The molecule has 4 rings (SSSR count). The zero-order valence-electron chi connectivity index (χ0n) is 16.0. The predicted molar refractivity (Wildman–Crippen MR) is 106 cm³/mol. The fraction of sp³-hybridized carbons (Fsp3) is 0.500. The average Bonchev–Trinajstić information content (AvgIpc) is 2.96. The van der Waals surface area contributed by atoms with Crippen LogP contribution >= 0.6 is 0 Å². The number of aryl methyl sites for hydroxylation is 1. The topological polar surface area (TPSA) is 80.3 Å². The summed E-state index contributed by atoms with van der Waals surface area (Å²) in [5.74, 6) is 3.53. The monoisotopic (exact) mass is 369 g/mol. The Morgan fingerprint density at radius 1 is 1.07 bits per heavy atom. The fourth-order valence-electron chi connectivity index (χ4n) is 3.77. The second kappa shape index (κ2) is 8.00. The van der Waals surface area contributed by atoms with Crippen molar-refractivity contribution in [2.75, 3.05) is 44.0 Å². The van der Waals surface area contributed by atoms with Gasteiger partial charge in [-0.2, -0.15) is 4.98 Å². The van der Waals surface area contributed by atoms with Crippen LogP contribution in [0.25, 0.3) is 0 Å². The van der Waals surface area contributed by atoms with E-state index in [4.69, 9.17) is 9.47 Å². The van der Waals surface area contributed by atoms with Crippen LogP contribution in [0.4, 0.5) is 17.5 Å². The Morgan fingerprint density at radius 2 is 1.96 bits per heavy atom. The minimum absolute atomic E-state index is 0.462. The molecule has 0 radical (unpaired) electrons. The van der Waals surface area contributed by atoms with Crippen molar-refractivity contribution >= 4 is 17.5 Å². The van der Waals surface area contributed by atoms with Crippen LogP contribution in [-0.2, 0) is 0 Å². The predicted octanol–water partition coefficient (Wildman–Crippen LogP) is 3.20. The number of benzene rings is 1. The maximum absolute atomic E-state index is 6.00. The van der Waals surface area contributed by atoms with E-state index in [1.54, 1.807) is 0 Å². The summed E-state index contributed by atoms with van der Waals surface area (Å²) in [4.78, 5) is 9.00. The number of fused-ring (bicyclic) bond motifs is 1. The highest BCUT2D eigenvalue weighted by molar-refractivity contribution is 5.64. The highest BCUT2D eigenvalue weighted by Crippen LogP contribution is 2.43. The SMILES string of the molecule is CNc1cc(C)nc(Nc2cc3c(c(C4CCCNCC4)c2)OCCO3)n1. The maximum Gasteiger partial charge on any atom is 0.229 e. The number of hydrogen-bond donors (Lipinski definition) is 3. The van der Waals surface area contributed by atoms with Gasteiger partial charge in [-0.15, -0.1) is 0 Å². The zero-order valence-corrected chi connectivity index (χ0v) is 16.0. The van der Waals surface area contributed by atoms with Crippen molar-refractivity contribution in [3.8, 4) is 11.5 Å². The Morgan fingerprint density at radius 3 is 2.85 bits per heavy atom. The Labute approximate surface area is 159 Å². The van der Waals surface area contributed by atoms with Gasteiger partial charge in [0.1, 0.15) is 19.0 Å². The summed E-state index contributed by atoms with van der Waals surface area (Å²) in [6, 6.07) is 6.07. The van der Waals surface area contributed by atoms with Crippen LogP contribution in [0.2, 0.25) is 0 Å². The number of nitrogens with one attached hydrogen (secondary N) is 3. The minimum atomic E-state index is 0.462. The third kappa shape index (κ3) is 4.08. The number of aromatic nitrogens is 2. The summed E-state index contributed by atoms with van der Waals surface area (Å²) in [5, 5.41) is 9.91. The number of hydrogen-bond acceptors (Lipinski definition) is 7. The molecule has 1 aromatic heterocycles. The molecular formula is C20H27N5O2. The first-order valence-electron chi connectivity index (χ1n) is 9.67. The molecule has 144 valence electrons. The zero-order chi connectivity index (χ0) is 18.6. The molecule has 1 atom stereocenters. The molecule has 3 heterocycles. The van der Waals surface area contributed by atoms with Gasteiger partial charge >= 0.3 is 0 Å². The second-order valence-corrected chi connectivity index (χ2v) is 7.06. The number of rotatable bonds is 4. The van der Waals surface area contributed by atoms with E-state index in [1.807, 2.05) is 26.1 Å². The smallest absolute Gasteiger partial charge is 0.229 e. The molecule has 1 saturated heterocycles. The van der Waals surface area contributed by atoms with Crippen molar-refractivity contribution in [3.05, 3.63) is 29.5 Å². The molecule has 27 heavy (non-hydrogen) atoms. The van der Waals surface area contributed by atoms with E-state index in [0.29, 0.717) is 25.1 Å². The number of ether oxygens (including phenoxy) is 2. The standard InChI is InChI=1S/C20H27N5O2/c1-13-10-18(21-2)25-20(23-13)24-15-11-16(14-4-3-6-22-7-5-14)19-17(12-15)26-8-9-27-19/h10-12,14,22H,3-9H2,1-2H3,(H2,21,23,24,25). The molecule has 2 aromatic rings. The summed E-state index contributed by atoms with van der Waals surface area (Å²) in [7, 11) is 1.85. The number of nitrogens with zero attached hydrogens (tertiary/aromatic N) is 2. The van der Waals surface area contributed by atoms with E-state index < -0.39 is 0 Å². The van der Waals surface area contributed by atoms with Gasteiger partial charge in [-0.25, -0.2) is 4.98 Å². The summed E-state index contributed by atoms with van der Waals surface area (Å²) < 4.78 is 11.9. The van der Waals surface area contributed by atoms with Crippen molar-refractivity contribution in [2.24, 2.45) is 0 Å². The van der Waals surface area contributed by atoms with E-state index in [0.717, 1.165) is 54.6 Å². The molecule has 0 bridgehead atoms. The van der Waals surface area contributed by atoms with Crippen LogP contribution in [0.5, 0.6) is 11.5 Å². The van der Waals surface area contributed by atoms with Crippen LogP contribution in [-0.4, -0.2) is 43.3 Å². The summed E-state index contributed by atoms with van der Waals surface area (Å²) >= 11 is 0. The van der Waals surface area contributed by atoms with Crippen LogP contribution in [0, 0.1) is 6.92 Å². The molecule has 0 aliphatic carbocycles. The summed E-state index contributed by atoms with van der Waals surface area (Å²) in [5.41, 5.74) is 3.06. The molecule has 0 amide bonds. The first-order valence-corrected chi connectivity index (χ1v) is 9.67. The van der Waals surface area contributed by atoms with Gasteiger partial charge in [-0.1, -0.05) is 0 Å². The van der Waals surface area contributed by atoms with Gasteiger partial charge in [0, 0.05) is 36.1 Å². The van der Waals surface area contributed by atoms with Crippen molar-refractivity contribution in [3.63, 3.8) is 0 Å². The van der Waals surface area contributed by atoms with Gasteiger partial charge in [-0.3, -0.25) is 0 Å². The van der Waals surface area contributed by atoms with Crippen LogP contribution < -0.4 is 25.4 Å². The molecule has 7 nitrogen and oxygen atoms in total. The molecule has 0 saturated carbocycles. The molecular weight excluding hydrogens is 342 g/mol. The fourth-order valence-corrected chi connectivity index (χ4v) is 3.77. The maximum atomic E-state index is 6.00. The largest absolute Gasteiger partial charge is 0.486 e. The van der Waals surface area contributed by atoms with Crippen molar-refractivity contribution < 1.29 is 9.47 Å². The molecule has 1 unspecified atom stereocenters. The average molecular weight is 369 g/mol. The first-order chi connectivity index (χ1) is 13.2. The lowest BCUT2D eigenvalue weighted by molar-refractivity contribution is 0.169. The lowest BCUT2D eigenvalue weighted by Gasteiger charge is -2.26. The Hall–Kier alpha value is -2.54. The van der Waals surface area contributed by atoms with Gasteiger partial charge < -0.3 is 25.4 Å². The lowest BCUT2D eigenvalue weighted by Crippen LogP contribution is -2.18. The highest BCUT2D eigenvalue weighted by Gasteiger charge is 2.24. The van der Waals surface area contributed by atoms with Gasteiger partial charge in [0.15, 0.2) is 11.5 Å². The van der Waals surface area contributed by atoms with E-state index in [1.165, 1.54) is 12.0 Å². The molecule has 3 N–H and O–H groups in total. The molecule has 2 aliphatic rings. The lowest BCUT2D eigenvalue weighted by atomic mass is 9.90. The highest BCUT2D eigenvalue weighted by atomic mass is 16.6. The van der Waals surface area contributed by atoms with Gasteiger partial charge in [-0.05, 0) is 51.3 Å². The second-order valence-electron chi connectivity index (χ2n) is 7.06. The Kier molecular flexibility index (Phi) is 5.29. The Balaban J connectivity index is 1.68. The molecule has 7 heteroatoms. The van der Waals surface area contributed by atoms with Gasteiger partial charge in [0.25, 0.3) is 0 Å². The van der Waals surface area contributed by atoms with Crippen LogP contribution in [0.15, 0.2) is 18.2 Å². The van der Waals surface area contributed by atoms with Crippen LogP contribution in [0.3, 0.4) is 0 Å². The molecule has 1 fully saturated rings.